The van der Waals surface area contributed by atoms with Crippen molar-refractivity contribution in [1.29, 1.82) is 0 Å². The zero-order chi connectivity index (χ0) is 19.4. The van der Waals surface area contributed by atoms with Crippen LogP contribution in [0.25, 0.3) is 11.3 Å². The van der Waals surface area contributed by atoms with Crippen molar-refractivity contribution < 1.29 is 9.32 Å². The second-order valence-corrected chi connectivity index (χ2v) is 7.09. The highest BCUT2D eigenvalue weighted by atomic mass is 16.5. The molecule has 0 saturated heterocycles. The predicted molar refractivity (Wildman–Crippen MR) is 108 cm³/mol. The number of hydrogen-bond donors (Lipinski definition) is 0. The van der Waals surface area contributed by atoms with Gasteiger partial charge in [-0.2, -0.15) is 0 Å². The third-order valence-corrected chi connectivity index (χ3v) is 4.64. The van der Waals surface area contributed by atoms with E-state index in [-0.39, 0.29) is 5.91 Å². The van der Waals surface area contributed by atoms with Gasteiger partial charge < -0.3 is 9.42 Å². The maximum absolute atomic E-state index is 12.9. The maximum Gasteiger partial charge on any atom is 0.254 e. The Morgan fingerprint density at radius 2 is 1.70 bits per heavy atom. The topological polar surface area (TPSA) is 46.3 Å². The van der Waals surface area contributed by atoms with E-state index in [1.165, 1.54) is 5.56 Å². The number of aryl methyl sites for hydroxylation is 3. The highest BCUT2D eigenvalue weighted by Gasteiger charge is 2.18. The molecule has 3 rings (SSSR count). The van der Waals surface area contributed by atoms with Crippen molar-refractivity contribution in [2.45, 2.75) is 40.7 Å². The van der Waals surface area contributed by atoms with Crippen LogP contribution >= 0.6 is 0 Å². The fourth-order valence-electron chi connectivity index (χ4n) is 3.20. The van der Waals surface area contributed by atoms with E-state index >= 15 is 0 Å². The van der Waals surface area contributed by atoms with Crippen molar-refractivity contribution >= 4 is 5.91 Å². The van der Waals surface area contributed by atoms with E-state index in [1.807, 2.05) is 42.2 Å². The average molecular weight is 362 g/mol. The number of carbonyl (C=O) groups is 1. The van der Waals surface area contributed by atoms with Crippen molar-refractivity contribution in [3.63, 3.8) is 0 Å². The van der Waals surface area contributed by atoms with Gasteiger partial charge in [-0.05, 0) is 44.9 Å². The fraction of sp³-hybridized carbons (Fsp3) is 0.304. The van der Waals surface area contributed by atoms with E-state index in [2.05, 4.69) is 44.1 Å². The Morgan fingerprint density at radius 1 is 1.00 bits per heavy atom. The molecule has 2 aromatic carbocycles. The van der Waals surface area contributed by atoms with Gasteiger partial charge in [0.1, 0.15) is 5.69 Å². The molecule has 27 heavy (non-hydrogen) atoms. The predicted octanol–water partition coefficient (Wildman–Crippen LogP) is 5.32. The maximum atomic E-state index is 12.9. The Labute approximate surface area is 160 Å². The summed E-state index contributed by atoms with van der Waals surface area (Å²) in [6.45, 7) is 9.34. The zero-order valence-electron chi connectivity index (χ0n) is 16.5. The molecule has 0 saturated carbocycles. The molecule has 3 aromatic rings. The molecule has 0 atom stereocenters. The lowest BCUT2D eigenvalue weighted by atomic mass is 10.0. The van der Waals surface area contributed by atoms with Crippen LogP contribution < -0.4 is 0 Å². The number of carbonyl (C=O) groups excluding carboxylic acids is 1. The van der Waals surface area contributed by atoms with Crippen LogP contribution in [0.15, 0.2) is 53.1 Å². The third-order valence-electron chi connectivity index (χ3n) is 4.64. The number of amides is 1. The van der Waals surface area contributed by atoms with Gasteiger partial charge in [-0.3, -0.25) is 4.79 Å². The molecular formula is C23H26N2O2. The number of rotatable bonds is 6. The Morgan fingerprint density at radius 3 is 2.37 bits per heavy atom. The third kappa shape index (κ3) is 4.45. The Balaban J connectivity index is 1.80. The summed E-state index contributed by atoms with van der Waals surface area (Å²) in [5.41, 5.74) is 6.01. The second-order valence-electron chi connectivity index (χ2n) is 7.09. The summed E-state index contributed by atoms with van der Waals surface area (Å²) in [4.78, 5) is 14.7. The second kappa shape index (κ2) is 8.21. The van der Waals surface area contributed by atoms with Gasteiger partial charge in [-0.1, -0.05) is 53.5 Å². The molecule has 0 fully saturated rings. The highest BCUT2D eigenvalue weighted by Crippen LogP contribution is 2.25. The van der Waals surface area contributed by atoms with E-state index in [9.17, 15) is 4.79 Å². The molecule has 0 radical (unpaired) electrons. The van der Waals surface area contributed by atoms with Crippen molar-refractivity contribution in [1.82, 2.24) is 10.1 Å². The van der Waals surface area contributed by atoms with Gasteiger partial charge in [0.2, 0.25) is 0 Å². The lowest BCUT2D eigenvalue weighted by Crippen LogP contribution is -2.31. The molecule has 4 heteroatoms. The summed E-state index contributed by atoms with van der Waals surface area (Å²) in [7, 11) is 0. The normalized spacial score (nSPS) is 10.8. The summed E-state index contributed by atoms with van der Waals surface area (Å²) in [6, 6.07) is 15.9. The minimum Gasteiger partial charge on any atom is -0.356 e. The number of nitrogens with zero attached hydrogens (tertiary/aromatic N) is 2. The lowest BCUT2D eigenvalue weighted by molar-refractivity contribution is 0.0739. The van der Waals surface area contributed by atoms with E-state index < -0.39 is 0 Å². The van der Waals surface area contributed by atoms with Crippen LogP contribution in [0.4, 0.5) is 0 Å². The molecule has 0 spiro atoms. The average Bonchev–Trinajstić information content (AvgIpc) is 3.09. The minimum absolute atomic E-state index is 0.0212. The standard InChI is InChI=1S/C23H26N2O2/c1-5-12-25(23(26)19-9-6-16(2)7-10-19)15-20-14-22(27-24-20)21-11-8-17(3)13-18(21)4/h6-11,13-14H,5,12,15H2,1-4H3. The molecule has 0 aliphatic carbocycles. The van der Waals surface area contributed by atoms with Gasteiger partial charge in [-0.25, -0.2) is 0 Å². The first-order valence-electron chi connectivity index (χ1n) is 9.37. The summed E-state index contributed by atoms with van der Waals surface area (Å²) < 4.78 is 5.56. The van der Waals surface area contributed by atoms with Gasteiger partial charge in [0, 0.05) is 23.7 Å². The van der Waals surface area contributed by atoms with Crippen LogP contribution in [-0.2, 0) is 6.54 Å². The smallest absolute Gasteiger partial charge is 0.254 e. The summed E-state index contributed by atoms with van der Waals surface area (Å²) in [5, 5.41) is 4.20. The Hall–Kier alpha value is -2.88. The quantitative estimate of drug-likeness (QED) is 0.596. The monoisotopic (exact) mass is 362 g/mol. The summed E-state index contributed by atoms with van der Waals surface area (Å²) in [5.74, 6) is 0.759. The first-order chi connectivity index (χ1) is 13.0. The molecule has 1 aromatic heterocycles. The number of benzene rings is 2. The van der Waals surface area contributed by atoms with Gasteiger partial charge in [0.25, 0.3) is 5.91 Å². The molecule has 140 valence electrons. The SMILES string of the molecule is CCCN(Cc1cc(-c2ccc(C)cc2C)on1)C(=O)c1ccc(C)cc1. The van der Waals surface area contributed by atoms with Crippen LogP contribution in [0, 0.1) is 20.8 Å². The van der Waals surface area contributed by atoms with E-state index in [4.69, 9.17) is 4.52 Å². The molecule has 0 N–H and O–H groups in total. The van der Waals surface area contributed by atoms with Crippen LogP contribution in [0.1, 0.15) is 46.1 Å². The minimum atomic E-state index is 0.0212. The number of aromatic nitrogens is 1. The van der Waals surface area contributed by atoms with Crippen LogP contribution in [0.5, 0.6) is 0 Å². The van der Waals surface area contributed by atoms with Gasteiger partial charge in [0.15, 0.2) is 5.76 Å². The molecule has 0 aliphatic rings. The van der Waals surface area contributed by atoms with Crippen molar-refractivity contribution in [2.75, 3.05) is 6.54 Å². The Bertz CT molecular complexity index is 926. The van der Waals surface area contributed by atoms with E-state index in [1.54, 1.807) is 0 Å². The van der Waals surface area contributed by atoms with Crippen LogP contribution in [0.3, 0.4) is 0 Å². The molecule has 0 aliphatic heterocycles. The zero-order valence-corrected chi connectivity index (χ0v) is 16.5. The highest BCUT2D eigenvalue weighted by molar-refractivity contribution is 5.94. The molecule has 0 unspecified atom stereocenters. The van der Waals surface area contributed by atoms with Crippen molar-refractivity contribution in [3.05, 3.63) is 76.5 Å². The van der Waals surface area contributed by atoms with Crippen LogP contribution in [0.2, 0.25) is 0 Å². The number of hydrogen-bond acceptors (Lipinski definition) is 3. The first-order valence-corrected chi connectivity index (χ1v) is 9.37. The van der Waals surface area contributed by atoms with E-state index in [0.717, 1.165) is 34.6 Å². The van der Waals surface area contributed by atoms with Crippen LogP contribution in [-0.4, -0.2) is 22.5 Å². The van der Waals surface area contributed by atoms with Gasteiger partial charge in [0.05, 0.1) is 6.54 Å². The van der Waals surface area contributed by atoms with Gasteiger partial charge >= 0.3 is 0 Å². The fourth-order valence-corrected chi connectivity index (χ4v) is 3.20. The molecule has 1 heterocycles. The molecule has 0 bridgehead atoms. The molecule has 1 amide bonds. The molecular weight excluding hydrogens is 336 g/mol. The van der Waals surface area contributed by atoms with Crippen molar-refractivity contribution in [3.8, 4) is 11.3 Å². The summed E-state index contributed by atoms with van der Waals surface area (Å²) >= 11 is 0. The first kappa shape index (κ1) is 18.9. The largest absolute Gasteiger partial charge is 0.356 e. The Kier molecular flexibility index (Phi) is 5.75. The van der Waals surface area contributed by atoms with Gasteiger partial charge in [-0.15, -0.1) is 0 Å². The molecule has 4 nitrogen and oxygen atoms in total. The van der Waals surface area contributed by atoms with Crippen molar-refractivity contribution in [2.24, 2.45) is 0 Å². The van der Waals surface area contributed by atoms with E-state index in [0.29, 0.717) is 18.7 Å². The lowest BCUT2D eigenvalue weighted by Gasteiger charge is -2.21. The summed E-state index contributed by atoms with van der Waals surface area (Å²) in [6.07, 6.45) is 0.888.